The van der Waals surface area contributed by atoms with Crippen LogP contribution in [0.3, 0.4) is 0 Å². The molecule has 1 aromatic rings. The van der Waals surface area contributed by atoms with E-state index in [0.29, 0.717) is 9.50 Å². The Bertz CT molecular complexity index is 217. The molecule has 0 atom stereocenters. The fourth-order valence-electron chi connectivity index (χ4n) is 0.512. The maximum atomic E-state index is 8.99. The summed E-state index contributed by atoms with van der Waals surface area (Å²) in [6.07, 6.45) is 0. The molecule has 0 heterocycles. The molecular formula is C6H4BrCl2NaO. The number of aromatic hydroxyl groups is 1. The topological polar surface area (TPSA) is 20.2 Å². The monoisotopic (exact) mass is 264 g/mol. The van der Waals surface area contributed by atoms with Crippen LogP contribution in [-0.2, 0) is 0 Å². The fourth-order valence-corrected chi connectivity index (χ4v) is 1.31. The van der Waals surface area contributed by atoms with Gasteiger partial charge in [-0.1, -0.05) is 23.2 Å². The Morgan fingerprint density at radius 3 is 2.18 bits per heavy atom. The molecule has 0 unspecified atom stereocenters. The third-order valence-electron chi connectivity index (χ3n) is 0.990. The molecule has 1 rings (SSSR count). The van der Waals surface area contributed by atoms with Crippen LogP contribution in [0.4, 0.5) is 0 Å². The minimum absolute atomic E-state index is 0. The Balaban J connectivity index is 0.000001000. The van der Waals surface area contributed by atoms with E-state index in [1.165, 1.54) is 6.07 Å². The summed E-state index contributed by atoms with van der Waals surface area (Å²) in [4.78, 5) is 0. The molecule has 0 aliphatic rings. The average molecular weight is 266 g/mol. The van der Waals surface area contributed by atoms with E-state index < -0.39 is 0 Å². The predicted octanol–water partition coefficient (Wildman–Crippen LogP) is 2.81. The molecule has 0 aliphatic carbocycles. The van der Waals surface area contributed by atoms with Gasteiger partial charge in [0.05, 0.1) is 10.0 Å². The predicted molar refractivity (Wildman–Crippen MR) is 53.0 cm³/mol. The standard InChI is InChI=1S/C6H3BrCl2O.Na.H/c7-3-1-5(9)6(10)2-4(3)8;;/h1-2,10H;;. The van der Waals surface area contributed by atoms with Crippen LogP contribution in [0, 0.1) is 0 Å². The Labute approximate surface area is 105 Å². The summed E-state index contributed by atoms with van der Waals surface area (Å²) in [6.45, 7) is 0. The molecule has 56 valence electrons. The summed E-state index contributed by atoms with van der Waals surface area (Å²) in [7, 11) is 0. The first-order valence-corrected chi connectivity index (χ1v) is 3.99. The number of halogens is 3. The van der Waals surface area contributed by atoms with E-state index in [1.807, 2.05) is 0 Å². The Kier molecular flexibility index (Phi) is 5.44. The Hall–Kier alpha value is 1.08. The molecular weight excluding hydrogens is 262 g/mol. The molecule has 0 amide bonds. The van der Waals surface area contributed by atoms with E-state index in [2.05, 4.69) is 15.9 Å². The van der Waals surface area contributed by atoms with Gasteiger partial charge in [-0.25, -0.2) is 0 Å². The first kappa shape index (κ1) is 12.1. The van der Waals surface area contributed by atoms with Gasteiger partial charge in [0.2, 0.25) is 0 Å². The SMILES string of the molecule is Oc1cc(Cl)c(Br)cc1Cl.[NaH]. The summed E-state index contributed by atoms with van der Waals surface area (Å²) in [5.41, 5.74) is 0. The van der Waals surface area contributed by atoms with Crippen molar-refractivity contribution in [1.29, 1.82) is 0 Å². The second kappa shape index (κ2) is 4.95. The third kappa shape index (κ3) is 3.13. The van der Waals surface area contributed by atoms with Gasteiger partial charge >= 0.3 is 29.6 Å². The van der Waals surface area contributed by atoms with E-state index in [1.54, 1.807) is 6.07 Å². The van der Waals surface area contributed by atoms with Crippen molar-refractivity contribution in [3.8, 4) is 5.75 Å². The van der Waals surface area contributed by atoms with Crippen LogP contribution in [-0.4, -0.2) is 34.7 Å². The van der Waals surface area contributed by atoms with E-state index in [4.69, 9.17) is 28.3 Å². The molecule has 11 heavy (non-hydrogen) atoms. The van der Waals surface area contributed by atoms with Crippen LogP contribution in [0.1, 0.15) is 0 Å². The van der Waals surface area contributed by atoms with Crippen molar-refractivity contribution in [2.75, 3.05) is 0 Å². The molecule has 5 heteroatoms. The van der Waals surface area contributed by atoms with Gasteiger partial charge in [0.1, 0.15) is 5.75 Å². The summed E-state index contributed by atoms with van der Waals surface area (Å²) >= 11 is 14.3. The maximum absolute atomic E-state index is 8.99. The van der Waals surface area contributed by atoms with E-state index in [0.717, 1.165) is 0 Å². The molecule has 0 fully saturated rings. The van der Waals surface area contributed by atoms with Crippen molar-refractivity contribution in [2.45, 2.75) is 0 Å². The average Bonchev–Trinajstić information content (AvgIpc) is 1.84. The minimum atomic E-state index is -0.00475. The van der Waals surface area contributed by atoms with Gasteiger partial charge in [-0.15, -0.1) is 0 Å². The molecule has 0 radical (unpaired) electrons. The summed E-state index contributed by atoms with van der Waals surface area (Å²) < 4.78 is 0.678. The molecule has 0 aliphatic heterocycles. The van der Waals surface area contributed by atoms with Crippen molar-refractivity contribution >= 4 is 68.7 Å². The zero-order valence-electron chi connectivity index (χ0n) is 4.74. The van der Waals surface area contributed by atoms with Gasteiger partial charge < -0.3 is 5.11 Å². The summed E-state index contributed by atoms with van der Waals surface area (Å²) in [5, 5.41) is 9.72. The molecule has 0 saturated carbocycles. The number of rotatable bonds is 0. The van der Waals surface area contributed by atoms with Gasteiger partial charge in [-0.3, -0.25) is 0 Å². The van der Waals surface area contributed by atoms with Crippen molar-refractivity contribution in [3.63, 3.8) is 0 Å². The van der Waals surface area contributed by atoms with Crippen molar-refractivity contribution in [3.05, 3.63) is 26.7 Å². The second-order valence-corrected chi connectivity index (χ2v) is 3.39. The van der Waals surface area contributed by atoms with Gasteiger partial charge in [0, 0.05) is 10.5 Å². The molecule has 1 nitrogen and oxygen atoms in total. The number of benzene rings is 1. The molecule has 0 spiro atoms. The summed E-state index contributed by atoms with van der Waals surface area (Å²) in [6, 6.07) is 2.92. The van der Waals surface area contributed by atoms with E-state index in [9.17, 15) is 0 Å². The first-order valence-electron chi connectivity index (χ1n) is 2.45. The number of phenolic OH excluding ortho intramolecular Hbond substituents is 1. The number of hydrogen-bond donors (Lipinski definition) is 1. The second-order valence-electron chi connectivity index (χ2n) is 1.72. The first-order chi connectivity index (χ1) is 4.61. The van der Waals surface area contributed by atoms with Gasteiger partial charge in [-0.2, -0.15) is 0 Å². The van der Waals surface area contributed by atoms with Crippen LogP contribution in [0.2, 0.25) is 10.0 Å². The Morgan fingerprint density at radius 2 is 1.73 bits per heavy atom. The molecule has 0 aromatic heterocycles. The van der Waals surface area contributed by atoms with Crippen molar-refractivity contribution < 1.29 is 5.11 Å². The van der Waals surface area contributed by atoms with Crippen LogP contribution < -0.4 is 0 Å². The van der Waals surface area contributed by atoms with Crippen molar-refractivity contribution in [1.82, 2.24) is 0 Å². The van der Waals surface area contributed by atoms with E-state index in [-0.39, 0.29) is 40.3 Å². The van der Waals surface area contributed by atoms with Crippen molar-refractivity contribution in [2.24, 2.45) is 0 Å². The number of hydrogen-bond acceptors (Lipinski definition) is 1. The molecule has 0 saturated heterocycles. The van der Waals surface area contributed by atoms with Crippen LogP contribution in [0.15, 0.2) is 16.6 Å². The van der Waals surface area contributed by atoms with Gasteiger partial charge in [0.15, 0.2) is 0 Å². The van der Waals surface area contributed by atoms with Gasteiger partial charge in [0.25, 0.3) is 0 Å². The van der Waals surface area contributed by atoms with Crippen LogP contribution in [0.25, 0.3) is 0 Å². The van der Waals surface area contributed by atoms with Gasteiger partial charge in [-0.05, 0) is 22.0 Å². The number of phenols is 1. The summed E-state index contributed by atoms with van der Waals surface area (Å²) in [5.74, 6) is -0.00475. The Morgan fingerprint density at radius 1 is 1.18 bits per heavy atom. The fraction of sp³-hybridized carbons (Fsp3) is 0. The quantitative estimate of drug-likeness (QED) is 0.565. The van der Waals surface area contributed by atoms with Crippen LogP contribution in [0.5, 0.6) is 5.75 Å². The zero-order chi connectivity index (χ0) is 7.72. The van der Waals surface area contributed by atoms with E-state index >= 15 is 0 Å². The zero-order valence-corrected chi connectivity index (χ0v) is 7.83. The molecule has 0 bridgehead atoms. The molecule has 1 N–H and O–H groups in total. The van der Waals surface area contributed by atoms with Crippen LogP contribution >= 0.6 is 39.1 Å². The normalized spacial score (nSPS) is 9.00. The molecule has 1 aromatic carbocycles. The third-order valence-corrected chi connectivity index (χ3v) is 2.49.